The van der Waals surface area contributed by atoms with Crippen LogP contribution in [0.4, 0.5) is 0 Å². The van der Waals surface area contributed by atoms with E-state index in [-0.39, 0.29) is 5.91 Å². The number of aliphatic hydroxyl groups is 1. The lowest BCUT2D eigenvalue weighted by atomic mass is 9.96. The molecule has 5 nitrogen and oxygen atoms in total. The number of ether oxygens (including phenoxy) is 1. The number of carbonyl (C=O) groups is 1. The van der Waals surface area contributed by atoms with Gasteiger partial charge in [0.05, 0.1) is 7.11 Å². The molecule has 1 aromatic carbocycles. The third kappa shape index (κ3) is 4.21. The fourth-order valence-electron chi connectivity index (χ4n) is 2.88. The van der Waals surface area contributed by atoms with Crippen molar-refractivity contribution in [1.82, 2.24) is 9.80 Å². The van der Waals surface area contributed by atoms with Gasteiger partial charge in [-0.05, 0) is 56.6 Å². The van der Waals surface area contributed by atoms with Crippen molar-refractivity contribution in [2.24, 2.45) is 5.92 Å². The molecule has 1 heterocycles. The molecule has 1 aromatic rings. The summed E-state index contributed by atoms with van der Waals surface area (Å²) in [5.41, 5.74) is 0.569. The summed E-state index contributed by atoms with van der Waals surface area (Å²) in [6.07, 6.45) is 1.07. The van der Waals surface area contributed by atoms with Gasteiger partial charge in [0.2, 0.25) is 0 Å². The smallest absolute Gasteiger partial charge is 0.255 e. The molecule has 122 valence electrons. The van der Waals surface area contributed by atoms with Gasteiger partial charge in [0.15, 0.2) is 6.10 Å². The van der Waals surface area contributed by atoms with Gasteiger partial charge >= 0.3 is 0 Å². The molecule has 0 radical (unpaired) electrons. The van der Waals surface area contributed by atoms with Crippen molar-refractivity contribution in [2.45, 2.75) is 18.9 Å². The van der Waals surface area contributed by atoms with E-state index in [1.54, 1.807) is 43.3 Å². The summed E-state index contributed by atoms with van der Waals surface area (Å²) < 4.78 is 5.14. The summed E-state index contributed by atoms with van der Waals surface area (Å²) in [6, 6.07) is 7.02. The van der Waals surface area contributed by atoms with E-state index in [1.165, 1.54) is 0 Å². The van der Waals surface area contributed by atoms with Crippen LogP contribution in [0.25, 0.3) is 0 Å². The number of rotatable bonds is 5. The predicted molar refractivity (Wildman–Crippen MR) is 85.8 cm³/mol. The van der Waals surface area contributed by atoms with Gasteiger partial charge in [0, 0.05) is 13.6 Å². The zero-order chi connectivity index (χ0) is 16.1. The normalized spacial score (nSPS) is 18.0. The highest BCUT2D eigenvalue weighted by molar-refractivity contribution is 5.82. The number of aliphatic hydroxyl groups excluding tert-OH is 1. The minimum absolute atomic E-state index is 0.257. The molecule has 2 rings (SSSR count). The summed E-state index contributed by atoms with van der Waals surface area (Å²) in [4.78, 5) is 16.4. The number of nitrogens with zero attached hydrogens (tertiary/aromatic N) is 2. The van der Waals surface area contributed by atoms with Crippen LogP contribution in [-0.4, -0.2) is 61.7 Å². The van der Waals surface area contributed by atoms with Crippen LogP contribution < -0.4 is 4.74 Å². The number of piperidine rings is 1. The van der Waals surface area contributed by atoms with Gasteiger partial charge < -0.3 is 19.6 Å². The Balaban J connectivity index is 1.94. The van der Waals surface area contributed by atoms with Crippen LogP contribution in [-0.2, 0) is 4.79 Å². The monoisotopic (exact) mass is 306 g/mol. The van der Waals surface area contributed by atoms with E-state index in [0.29, 0.717) is 23.8 Å². The maximum Gasteiger partial charge on any atom is 0.255 e. The molecular weight excluding hydrogens is 280 g/mol. The maximum atomic E-state index is 12.4. The molecular formula is C17H26N2O3. The Labute approximate surface area is 132 Å². The molecule has 22 heavy (non-hydrogen) atoms. The van der Waals surface area contributed by atoms with Gasteiger partial charge in [-0.25, -0.2) is 0 Å². The average molecular weight is 306 g/mol. The number of hydrogen-bond acceptors (Lipinski definition) is 4. The van der Waals surface area contributed by atoms with E-state index in [1.807, 2.05) is 0 Å². The van der Waals surface area contributed by atoms with Crippen molar-refractivity contribution in [3.05, 3.63) is 29.8 Å². The van der Waals surface area contributed by atoms with E-state index in [2.05, 4.69) is 11.9 Å². The summed E-state index contributed by atoms with van der Waals surface area (Å²) in [6.45, 7) is 2.85. The lowest BCUT2D eigenvalue weighted by molar-refractivity contribution is -0.139. The highest BCUT2D eigenvalue weighted by Gasteiger charge is 2.25. The van der Waals surface area contributed by atoms with Crippen molar-refractivity contribution in [3.8, 4) is 5.75 Å². The maximum absolute atomic E-state index is 12.4. The van der Waals surface area contributed by atoms with E-state index in [9.17, 15) is 9.90 Å². The first-order valence-electron chi connectivity index (χ1n) is 7.76. The molecule has 0 spiro atoms. The van der Waals surface area contributed by atoms with Crippen LogP contribution in [0.3, 0.4) is 0 Å². The van der Waals surface area contributed by atoms with Crippen LogP contribution in [0.15, 0.2) is 24.3 Å². The van der Waals surface area contributed by atoms with Crippen molar-refractivity contribution < 1.29 is 14.6 Å². The summed E-state index contributed by atoms with van der Waals surface area (Å²) in [5.74, 6) is 0.900. The predicted octanol–water partition coefficient (Wildman–Crippen LogP) is 1.53. The number of hydrogen-bond donors (Lipinski definition) is 1. The van der Waals surface area contributed by atoms with Gasteiger partial charge in [-0.2, -0.15) is 0 Å². The molecule has 1 fully saturated rings. The second-order valence-corrected chi connectivity index (χ2v) is 6.14. The van der Waals surface area contributed by atoms with Gasteiger partial charge in [0.1, 0.15) is 5.75 Å². The Bertz CT molecular complexity index is 498. The first-order chi connectivity index (χ1) is 10.5. The SMILES string of the molecule is COc1cccc(C(O)C(=O)N(C)CC2CCN(C)CC2)c1. The van der Waals surface area contributed by atoms with Crippen LogP contribution >= 0.6 is 0 Å². The number of amides is 1. The van der Waals surface area contributed by atoms with E-state index in [4.69, 9.17) is 4.74 Å². The second kappa shape index (κ2) is 7.61. The minimum Gasteiger partial charge on any atom is -0.497 e. The number of likely N-dealkylation sites (N-methyl/N-ethyl adjacent to an activating group) is 1. The molecule has 0 bridgehead atoms. The number of methoxy groups -OCH3 is 1. The molecule has 5 heteroatoms. The van der Waals surface area contributed by atoms with Crippen LogP contribution in [0, 0.1) is 5.92 Å². The first-order valence-corrected chi connectivity index (χ1v) is 7.76. The second-order valence-electron chi connectivity index (χ2n) is 6.14. The van der Waals surface area contributed by atoms with E-state index >= 15 is 0 Å². The highest BCUT2D eigenvalue weighted by atomic mass is 16.5. The average Bonchev–Trinajstić information content (AvgIpc) is 2.55. The largest absolute Gasteiger partial charge is 0.497 e. The standard InChI is InChI=1S/C17H26N2O3/c1-18-9-7-13(8-10-18)12-19(2)17(21)16(20)14-5-4-6-15(11-14)22-3/h4-6,11,13,16,20H,7-10,12H2,1-3H3. The number of carbonyl (C=O) groups excluding carboxylic acids is 1. The Morgan fingerprint density at radius 2 is 2.14 bits per heavy atom. The minimum atomic E-state index is -1.13. The van der Waals surface area contributed by atoms with Gasteiger partial charge in [-0.1, -0.05) is 12.1 Å². The third-order valence-electron chi connectivity index (χ3n) is 4.39. The van der Waals surface area contributed by atoms with Gasteiger partial charge in [-0.3, -0.25) is 4.79 Å². The number of benzene rings is 1. The van der Waals surface area contributed by atoms with E-state index in [0.717, 1.165) is 25.9 Å². The van der Waals surface area contributed by atoms with Crippen LogP contribution in [0.5, 0.6) is 5.75 Å². The summed E-state index contributed by atoms with van der Waals surface area (Å²) in [5, 5.41) is 10.3. The Morgan fingerprint density at radius 1 is 1.45 bits per heavy atom. The number of likely N-dealkylation sites (tertiary alicyclic amines) is 1. The zero-order valence-corrected chi connectivity index (χ0v) is 13.7. The molecule has 1 saturated heterocycles. The molecule has 0 saturated carbocycles. The van der Waals surface area contributed by atoms with Crippen molar-refractivity contribution in [3.63, 3.8) is 0 Å². The third-order valence-corrected chi connectivity index (χ3v) is 4.39. The van der Waals surface area contributed by atoms with Crippen LogP contribution in [0.1, 0.15) is 24.5 Å². The zero-order valence-electron chi connectivity index (χ0n) is 13.7. The van der Waals surface area contributed by atoms with Crippen molar-refractivity contribution >= 4 is 5.91 Å². The lowest BCUT2D eigenvalue weighted by Gasteiger charge is -2.32. The molecule has 1 aliphatic rings. The van der Waals surface area contributed by atoms with Gasteiger partial charge in [-0.15, -0.1) is 0 Å². The molecule has 0 aliphatic carbocycles. The molecule has 1 atom stereocenters. The molecule has 1 N–H and O–H groups in total. The summed E-state index contributed by atoms with van der Waals surface area (Å²) in [7, 11) is 5.46. The Morgan fingerprint density at radius 3 is 2.77 bits per heavy atom. The quantitative estimate of drug-likeness (QED) is 0.896. The topological polar surface area (TPSA) is 53.0 Å². The van der Waals surface area contributed by atoms with Crippen LogP contribution in [0.2, 0.25) is 0 Å². The molecule has 0 aromatic heterocycles. The first kappa shape index (κ1) is 16.8. The Kier molecular flexibility index (Phi) is 5.80. The Hall–Kier alpha value is -1.59. The van der Waals surface area contributed by atoms with Crippen molar-refractivity contribution in [2.75, 3.05) is 40.8 Å². The molecule has 1 unspecified atom stereocenters. The molecule has 1 aliphatic heterocycles. The van der Waals surface area contributed by atoms with Gasteiger partial charge in [0.25, 0.3) is 5.91 Å². The summed E-state index contributed by atoms with van der Waals surface area (Å²) >= 11 is 0. The van der Waals surface area contributed by atoms with E-state index < -0.39 is 6.10 Å². The fourth-order valence-corrected chi connectivity index (χ4v) is 2.88. The fraction of sp³-hybridized carbons (Fsp3) is 0.588. The van der Waals surface area contributed by atoms with Crippen molar-refractivity contribution in [1.29, 1.82) is 0 Å². The molecule has 1 amide bonds. The lowest BCUT2D eigenvalue weighted by Crippen LogP contribution is -2.39. The highest BCUT2D eigenvalue weighted by Crippen LogP contribution is 2.22.